The standard InChI is InChI=1S/C21H31BrFNO5Si/c1-12-17-16(11-27-30(6,7)21(2,3)4)29-24(18(17)20(25)28-12)10-13-8-14(23)9-15(22)19(13)26-5/h8-9,12,16-18H,10-11H2,1-7H3/t12-,16-,17+,18-/m0/s1. The first-order valence-electron chi connectivity index (χ1n) is 10.2. The summed E-state index contributed by atoms with van der Waals surface area (Å²) >= 11 is 3.33. The first-order chi connectivity index (χ1) is 13.9. The minimum absolute atomic E-state index is 0.0690. The zero-order valence-corrected chi connectivity index (χ0v) is 21.2. The van der Waals surface area contributed by atoms with Crippen LogP contribution in [0.15, 0.2) is 16.6 Å². The molecule has 0 spiro atoms. The van der Waals surface area contributed by atoms with Gasteiger partial charge < -0.3 is 13.9 Å². The zero-order chi connectivity index (χ0) is 22.4. The number of hydrogen-bond acceptors (Lipinski definition) is 6. The molecule has 1 aromatic carbocycles. The molecule has 9 heteroatoms. The van der Waals surface area contributed by atoms with Crippen molar-refractivity contribution in [3.05, 3.63) is 28.0 Å². The third-order valence-corrected chi connectivity index (χ3v) is 11.6. The normalized spacial score (nSPS) is 27.3. The maximum absolute atomic E-state index is 14.0. The molecule has 0 radical (unpaired) electrons. The van der Waals surface area contributed by atoms with Gasteiger partial charge in [-0.1, -0.05) is 20.8 Å². The summed E-state index contributed by atoms with van der Waals surface area (Å²) in [4.78, 5) is 18.8. The molecule has 0 aliphatic carbocycles. The Bertz CT molecular complexity index is 815. The molecule has 2 saturated heterocycles. The van der Waals surface area contributed by atoms with Crippen molar-refractivity contribution in [2.45, 2.75) is 70.6 Å². The SMILES string of the molecule is COc1c(Br)cc(F)cc1CN1O[C@@H](CO[Si](C)(C)C(C)(C)C)[C@H]2[C@H](C)OC(=O)[C@H]21. The Kier molecular flexibility index (Phi) is 6.70. The van der Waals surface area contributed by atoms with Gasteiger partial charge in [0, 0.05) is 5.56 Å². The average Bonchev–Trinajstić information content (AvgIpc) is 3.11. The second kappa shape index (κ2) is 8.50. The molecule has 0 amide bonds. The zero-order valence-electron chi connectivity index (χ0n) is 18.6. The Morgan fingerprint density at radius 3 is 2.57 bits per heavy atom. The highest BCUT2D eigenvalue weighted by Crippen LogP contribution is 2.42. The summed E-state index contributed by atoms with van der Waals surface area (Å²) in [7, 11) is -0.457. The molecule has 2 aliphatic heterocycles. The highest BCUT2D eigenvalue weighted by Gasteiger charge is 2.57. The van der Waals surface area contributed by atoms with Gasteiger partial charge in [0.15, 0.2) is 8.32 Å². The van der Waals surface area contributed by atoms with E-state index in [1.165, 1.54) is 19.2 Å². The van der Waals surface area contributed by atoms with Crippen molar-refractivity contribution >= 4 is 30.2 Å². The van der Waals surface area contributed by atoms with E-state index < -0.39 is 20.2 Å². The van der Waals surface area contributed by atoms with Gasteiger partial charge in [-0.2, -0.15) is 5.06 Å². The Balaban J connectivity index is 1.83. The van der Waals surface area contributed by atoms with Crippen LogP contribution in [0.5, 0.6) is 5.75 Å². The number of carbonyl (C=O) groups is 1. The van der Waals surface area contributed by atoms with E-state index in [1.54, 1.807) is 5.06 Å². The van der Waals surface area contributed by atoms with Crippen LogP contribution in [0.3, 0.4) is 0 Å². The smallest absolute Gasteiger partial charge is 0.326 e. The van der Waals surface area contributed by atoms with E-state index >= 15 is 0 Å². The highest BCUT2D eigenvalue weighted by molar-refractivity contribution is 9.10. The van der Waals surface area contributed by atoms with E-state index in [4.69, 9.17) is 18.7 Å². The molecule has 0 bridgehead atoms. The molecule has 30 heavy (non-hydrogen) atoms. The summed E-state index contributed by atoms with van der Waals surface area (Å²) in [5.74, 6) is -0.354. The van der Waals surface area contributed by atoms with Crippen LogP contribution in [0.4, 0.5) is 4.39 Å². The maximum atomic E-state index is 14.0. The average molecular weight is 504 g/mol. The monoisotopic (exact) mass is 503 g/mol. The minimum Gasteiger partial charge on any atom is -0.495 e. The van der Waals surface area contributed by atoms with Crippen LogP contribution < -0.4 is 4.74 Å². The lowest BCUT2D eigenvalue weighted by atomic mass is 9.93. The summed E-state index contributed by atoms with van der Waals surface area (Å²) in [5.41, 5.74) is 0.585. The van der Waals surface area contributed by atoms with Crippen LogP contribution in [0.2, 0.25) is 18.1 Å². The van der Waals surface area contributed by atoms with E-state index in [0.717, 1.165) is 0 Å². The van der Waals surface area contributed by atoms with Crippen molar-refractivity contribution < 1.29 is 27.9 Å². The van der Waals surface area contributed by atoms with Crippen molar-refractivity contribution in [3.63, 3.8) is 0 Å². The lowest BCUT2D eigenvalue weighted by Crippen LogP contribution is -2.44. The van der Waals surface area contributed by atoms with Crippen LogP contribution in [0, 0.1) is 11.7 Å². The number of hydroxylamine groups is 2. The molecule has 0 aromatic heterocycles. The molecule has 0 saturated carbocycles. The van der Waals surface area contributed by atoms with Gasteiger partial charge in [-0.3, -0.25) is 9.63 Å². The molecule has 4 atom stereocenters. The largest absolute Gasteiger partial charge is 0.495 e. The number of methoxy groups -OCH3 is 1. The summed E-state index contributed by atoms with van der Waals surface area (Å²) < 4.78 is 31.8. The van der Waals surface area contributed by atoms with Crippen molar-refractivity contribution in [2.24, 2.45) is 5.92 Å². The van der Waals surface area contributed by atoms with Crippen LogP contribution in [0.25, 0.3) is 0 Å². The number of ether oxygens (including phenoxy) is 2. The molecular weight excluding hydrogens is 473 g/mol. The quantitative estimate of drug-likeness (QED) is 0.415. The van der Waals surface area contributed by atoms with E-state index in [1.807, 2.05) is 6.92 Å². The Hall–Kier alpha value is -1.00. The maximum Gasteiger partial charge on any atom is 0.326 e. The van der Waals surface area contributed by atoms with Crippen molar-refractivity contribution in [3.8, 4) is 5.75 Å². The number of hydrogen-bond donors (Lipinski definition) is 0. The number of fused-ring (bicyclic) bond motifs is 1. The predicted octanol–water partition coefficient (Wildman–Crippen LogP) is 4.66. The molecule has 0 unspecified atom stereocenters. The first kappa shape index (κ1) is 23.7. The van der Waals surface area contributed by atoms with Gasteiger partial charge in [-0.25, -0.2) is 4.39 Å². The fourth-order valence-corrected chi connectivity index (χ4v) is 5.43. The molecule has 3 rings (SSSR count). The van der Waals surface area contributed by atoms with Crippen LogP contribution in [-0.4, -0.2) is 51.3 Å². The van der Waals surface area contributed by atoms with E-state index in [2.05, 4.69) is 49.8 Å². The number of benzene rings is 1. The molecule has 2 aliphatic rings. The third kappa shape index (κ3) is 4.45. The van der Waals surface area contributed by atoms with E-state index in [0.29, 0.717) is 22.4 Å². The van der Waals surface area contributed by atoms with Crippen LogP contribution in [-0.2, 0) is 25.3 Å². The van der Waals surface area contributed by atoms with Gasteiger partial charge in [0.25, 0.3) is 0 Å². The molecule has 168 valence electrons. The molecule has 2 fully saturated rings. The first-order valence-corrected chi connectivity index (χ1v) is 13.9. The molecular formula is C21H31BrFNO5Si. The molecule has 0 N–H and O–H groups in total. The van der Waals surface area contributed by atoms with Gasteiger partial charge in [-0.15, -0.1) is 0 Å². The number of cyclic esters (lactones) is 1. The minimum atomic E-state index is -1.98. The topological polar surface area (TPSA) is 57.2 Å². The number of halogens is 2. The lowest BCUT2D eigenvalue weighted by Gasteiger charge is -2.37. The number of carbonyl (C=O) groups excluding carboxylic acids is 1. The van der Waals surface area contributed by atoms with Gasteiger partial charge in [0.2, 0.25) is 0 Å². The van der Waals surface area contributed by atoms with Crippen molar-refractivity contribution in [1.29, 1.82) is 0 Å². The fourth-order valence-electron chi connectivity index (χ4n) is 3.78. The molecule has 1 aromatic rings. The number of esters is 1. The van der Waals surface area contributed by atoms with Gasteiger partial charge in [-0.05, 0) is 53.1 Å². The van der Waals surface area contributed by atoms with Gasteiger partial charge in [0.1, 0.15) is 29.8 Å². The number of nitrogens with zero attached hydrogens (tertiary/aromatic N) is 1. The highest BCUT2D eigenvalue weighted by atomic mass is 79.9. The second-order valence-corrected chi connectivity index (χ2v) is 15.2. The summed E-state index contributed by atoms with van der Waals surface area (Å²) in [5, 5.41) is 1.67. The lowest BCUT2D eigenvalue weighted by molar-refractivity contribution is -0.195. The molecule has 6 nitrogen and oxygen atoms in total. The summed E-state index contributed by atoms with van der Waals surface area (Å²) in [6.45, 7) is 13.4. The van der Waals surface area contributed by atoms with Crippen molar-refractivity contribution in [2.75, 3.05) is 13.7 Å². The Morgan fingerprint density at radius 2 is 1.97 bits per heavy atom. The predicted molar refractivity (Wildman–Crippen MR) is 117 cm³/mol. The third-order valence-electron chi connectivity index (χ3n) is 6.49. The Labute approximate surface area is 187 Å². The fraction of sp³-hybridized carbons (Fsp3) is 0.667. The van der Waals surface area contributed by atoms with E-state index in [9.17, 15) is 9.18 Å². The van der Waals surface area contributed by atoms with Gasteiger partial charge in [0.05, 0.1) is 30.7 Å². The van der Waals surface area contributed by atoms with Crippen molar-refractivity contribution in [1.82, 2.24) is 5.06 Å². The molecule has 2 heterocycles. The Morgan fingerprint density at radius 1 is 1.30 bits per heavy atom. The second-order valence-electron chi connectivity index (χ2n) is 9.53. The summed E-state index contributed by atoms with van der Waals surface area (Å²) in [6, 6.07) is 2.18. The van der Waals surface area contributed by atoms with Gasteiger partial charge >= 0.3 is 5.97 Å². The summed E-state index contributed by atoms with van der Waals surface area (Å²) in [6.07, 6.45) is -0.588. The van der Waals surface area contributed by atoms with Crippen LogP contribution >= 0.6 is 15.9 Å². The van der Waals surface area contributed by atoms with E-state index in [-0.39, 0.29) is 35.7 Å². The van der Waals surface area contributed by atoms with Crippen LogP contribution in [0.1, 0.15) is 33.3 Å². The number of rotatable bonds is 6.